The van der Waals surface area contributed by atoms with Gasteiger partial charge in [-0.3, -0.25) is 0 Å². The molecule has 0 saturated carbocycles. The average Bonchev–Trinajstić information content (AvgIpc) is 2.55. The maximum atomic E-state index is 2.28. The Kier molecular flexibility index (Phi) is 4.88. The number of thioether (sulfide) groups is 2. The molecule has 2 heteroatoms. The summed E-state index contributed by atoms with van der Waals surface area (Å²) >= 11 is 4.15. The zero-order chi connectivity index (χ0) is 13.6. The van der Waals surface area contributed by atoms with Gasteiger partial charge in [0.1, 0.15) is 0 Å². The van der Waals surface area contributed by atoms with Crippen LogP contribution in [0.1, 0.15) is 27.7 Å². The van der Waals surface area contributed by atoms with Gasteiger partial charge in [-0.1, -0.05) is 66.7 Å². The molecule has 0 N–H and O–H groups in total. The summed E-state index contributed by atoms with van der Waals surface area (Å²) in [4.78, 5) is 0. The fourth-order valence-electron chi connectivity index (χ4n) is 2.20. The van der Waals surface area contributed by atoms with E-state index >= 15 is 0 Å². The molecule has 0 aromatic heterocycles. The van der Waals surface area contributed by atoms with Crippen molar-refractivity contribution in [3.63, 3.8) is 0 Å². The van der Waals surface area contributed by atoms with Gasteiger partial charge in [-0.25, -0.2) is 0 Å². The molecule has 1 fully saturated rings. The minimum absolute atomic E-state index is 0.635. The average molecular weight is 298 g/mol. The maximum absolute atomic E-state index is 2.28. The first-order chi connectivity index (χ1) is 9.92. The zero-order valence-electron chi connectivity index (χ0n) is 11.4. The first-order valence-corrected chi connectivity index (χ1v) is 9.08. The van der Waals surface area contributed by atoms with E-state index in [1.807, 2.05) is 6.07 Å². The molecule has 2 aromatic rings. The Morgan fingerprint density at radius 1 is 0.750 bits per heavy atom. The normalized spacial score (nSPS) is 16.6. The van der Waals surface area contributed by atoms with E-state index in [1.165, 1.54) is 34.6 Å². The van der Waals surface area contributed by atoms with Crippen molar-refractivity contribution in [3.8, 4) is 0 Å². The monoisotopic (exact) mass is 298 g/mol. The minimum atomic E-state index is 0.635. The Labute approximate surface area is 129 Å². The molecule has 0 atom stereocenters. The van der Waals surface area contributed by atoms with E-state index in [2.05, 4.69) is 84.2 Å². The van der Waals surface area contributed by atoms with Gasteiger partial charge in [-0.2, -0.15) is 0 Å². The van der Waals surface area contributed by atoms with Gasteiger partial charge in [0.05, 0.1) is 4.58 Å². The van der Waals surface area contributed by atoms with Gasteiger partial charge in [-0.05, 0) is 34.6 Å². The number of hydrogen-bond donors (Lipinski definition) is 0. The van der Waals surface area contributed by atoms with Gasteiger partial charge in [-0.15, -0.1) is 23.5 Å². The summed E-state index contributed by atoms with van der Waals surface area (Å²) in [7, 11) is 0. The lowest BCUT2D eigenvalue weighted by Crippen LogP contribution is -1.99. The van der Waals surface area contributed by atoms with E-state index in [9.17, 15) is 0 Å². The molecule has 0 nitrogen and oxygen atoms in total. The van der Waals surface area contributed by atoms with E-state index in [1.54, 1.807) is 0 Å². The molecule has 0 bridgehead atoms. The third-order valence-electron chi connectivity index (χ3n) is 3.30. The van der Waals surface area contributed by atoms with Crippen molar-refractivity contribution in [1.29, 1.82) is 0 Å². The van der Waals surface area contributed by atoms with Crippen LogP contribution in [-0.4, -0.2) is 11.5 Å². The van der Waals surface area contributed by atoms with E-state index < -0.39 is 0 Å². The third-order valence-corrected chi connectivity index (χ3v) is 6.32. The van der Waals surface area contributed by atoms with Crippen molar-refractivity contribution in [2.75, 3.05) is 11.5 Å². The molecule has 0 radical (unpaired) electrons. The Balaban J connectivity index is 1.68. The van der Waals surface area contributed by atoms with Crippen molar-refractivity contribution in [2.45, 2.75) is 11.0 Å². The lowest BCUT2D eigenvalue weighted by atomic mass is 10.1. The smallest absolute Gasteiger partial charge is 0.0751 e. The predicted octanol–water partition coefficient (Wildman–Crippen LogP) is 5.73. The third kappa shape index (κ3) is 3.71. The molecule has 3 rings (SSSR count). The molecule has 0 amide bonds. The van der Waals surface area contributed by atoms with Crippen LogP contribution in [0.25, 0.3) is 12.2 Å². The minimum Gasteiger partial charge on any atom is -0.143 e. The Morgan fingerprint density at radius 3 is 2.00 bits per heavy atom. The quantitative estimate of drug-likeness (QED) is 0.664. The lowest BCUT2D eigenvalue weighted by molar-refractivity contribution is 1.10. The maximum Gasteiger partial charge on any atom is 0.0751 e. The second kappa shape index (κ2) is 7.05. The van der Waals surface area contributed by atoms with Crippen molar-refractivity contribution in [3.05, 3.63) is 71.3 Å². The van der Waals surface area contributed by atoms with E-state index in [4.69, 9.17) is 0 Å². The van der Waals surface area contributed by atoms with E-state index in [-0.39, 0.29) is 0 Å². The first-order valence-electron chi connectivity index (χ1n) is 6.98. The molecule has 0 unspecified atom stereocenters. The molecular weight excluding hydrogens is 280 g/mol. The summed E-state index contributed by atoms with van der Waals surface area (Å²) in [5.74, 6) is 2.60. The number of benzene rings is 2. The standard InChI is InChI=1S/C18H18S2/c1-2-5-15(6-3-1)7-8-16-9-11-17(12-10-16)18-19-13-4-14-20-18/h1-3,5-12,18H,4,13-14H2/b8-7+. The van der Waals surface area contributed by atoms with Gasteiger partial charge in [0.2, 0.25) is 0 Å². The van der Waals surface area contributed by atoms with Crippen molar-refractivity contribution < 1.29 is 0 Å². The molecule has 1 saturated heterocycles. The molecule has 102 valence electrons. The lowest BCUT2D eigenvalue weighted by Gasteiger charge is -2.21. The summed E-state index contributed by atoms with van der Waals surface area (Å²) in [5, 5.41) is 0. The van der Waals surface area contributed by atoms with Gasteiger partial charge in [0, 0.05) is 0 Å². The van der Waals surface area contributed by atoms with Gasteiger partial charge in [0.25, 0.3) is 0 Å². The molecule has 0 aliphatic carbocycles. The molecule has 2 aromatic carbocycles. The van der Waals surface area contributed by atoms with E-state index in [0.717, 1.165) is 0 Å². The first kappa shape index (κ1) is 13.8. The van der Waals surface area contributed by atoms with E-state index in [0.29, 0.717) is 4.58 Å². The van der Waals surface area contributed by atoms with Crippen molar-refractivity contribution in [2.24, 2.45) is 0 Å². The highest BCUT2D eigenvalue weighted by atomic mass is 32.2. The Hall–Kier alpha value is -1.12. The Bertz CT molecular complexity index is 552. The second-order valence-electron chi connectivity index (χ2n) is 4.84. The van der Waals surface area contributed by atoms with Gasteiger partial charge in [0.15, 0.2) is 0 Å². The van der Waals surface area contributed by atoms with Crippen LogP contribution in [0.4, 0.5) is 0 Å². The van der Waals surface area contributed by atoms with Crippen molar-refractivity contribution >= 4 is 35.7 Å². The number of rotatable bonds is 3. The molecule has 1 heterocycles. The highest BCUT2D eigenvalue weighted by molar-refractivity contribution is 8.16. The molecular formula is C18H18S2. The second-order valence-corrected chi connectivity index (χ2v) is 7.56. The van der Waals surface area contributed by atoms with Crippen LogP contribution in [-0.2, 0) is 0 Å². The summed E-state index contributed by atoms with van der Waals surface area (Å²) in [5.41, 5.74) is 3.97. The van der Waals surface area contributed by atoms with Gasteiger partial charge >= 0.3 is 0 Å². The zero-order valence-corrected chi connectivity index (χ0v) is 13.0. The van der Waals surface area contributed by atoms with Crippen LogP contribution in [0.5, 0.6) is 0 Å². The summed E-state index contributed by atoms with van der Waals surface area (Å²) in [6, 6.07) is 19.4. The molecule has 0 spiro atoms. The highest BCUT2D eigenvalue weighted by Gasteiger charge is 2.15. The van der Waals surface area contributed by atoms with Crippen LogP contribution < -0.4 is 0 Å². The fraction of sp³-hybridized carbons (Fsp3) is 0.222. The topological polar surface area (TPSA) is 0 Å². The largest absolute Gasteiger partial charge is 0.143 e. The van der Waals surface area contributed by atoms with Crippen LogP contribution in [0.15, 0.2) is 54.6 Å². The summed E-state index contributed by atoms with van der Waals surface area (Å²) in [6.45, 7) is 0. The highest BCUT2D eigenvalue weighted by Crippen LogP contribution is 2.43. The number of hydrogen-bond acceptors (Lipinski definition) is 2. The van der Waals surface area contributed by atoms with Gasteiger partial charge < -0.3 is 0 Å². The SMILES string of the molecule is C(=C\c1ccc(C2SCCCS2)cc1)/c1ccccc1. The predicted molar refractivity (Wildman–Crippen MR) is 94.1 cm³/mol. The Morgan fingerprint density at radius 2 is 1.35 bits per heavy atom. The molecule has 20 heavy (non-hydrogen) atoms. The van der Waals surface area contributed by atoms with Crippen LogP contribution in [0, 0.1) is 0 Å². The fourth-order valence-corrected chi connectivity index (χ4v) is 5.10. The van der Waals surface area contributed by atoms with Crippen LogP contribution in [0.2, 0.25) is 0 Å². The van der Waals surface area contributed by atoms with Crippen LogP contribution in [0.3, 0.4) is 0 Å². The van der Waals surface area contributed by atoms with Crippen molar-refractivity contribution in [1.82, 2.24) is 0 Å². The molecule has 1 aliphatic heterocycles. The van der Waals surface area contributed by atoms with Crippen LogP contribution >= 0.6 is 23.5 Å². The summed E-state index contributed by atoms with van der Waals surface area (Å²) < 4.78 is 0.635. The summed E-state index contributed by atoms with van der Waals surface area (Å²) in [6.07, 6.45) is 5.70. The molecule has 1 aliphatic rings.